The molecule has 0 aromatic carbocycles. The highest BCUT2D eigenvalue weighted by Crippen LogP contribution is 2.23. The molecule has 0 aliphatic carbocycles. The van der Waals surface area contributed by atoms with Crippen molar-refractivity contribution >= 4 is 0 Å². The van der Waals surface area contributed by atoms with E-state index in [1.165, 1.54) is 0 Å². The van der Waals surface area contributed by atoms with Gasteiger partial charge in [0, 0.05) is 6.04 Å². The molecule has 1 aliphatic heterocycles. The SMILES string of the molecule is CC1CCCN(Cc2n[nH]c(=O)[nH]2)C1CO. The molecule has 1 fully saturated rings. The number of rotatable bonds is 3. The zero-order valence-electron chi connectivity index (χ0n) is 9.44. The highest BCUT2D eigenvalue weighted by Gasteiger charge is 2.28. The lowest BCUT2D eigenvalue weighted by Crippen LogP contribution is -2.46. The normalized spacial score (nSPS) is 27.1. The molecule has 1 saturated heterocycles. The van der Waals surface area contributed by atoms with Crippen molar-refractivity contribution in [3.05, 3.63) is 16.3 Å². The Kier molecular flexibility index (Phi) is 3.40. The van der Waals surface area contributed by atoms with Crippen LogP contribution in [0.2, 0.25) is 0 Å². The van der Waals surface area contributed by atoms with Crippen molar-refractivity contribution in [1.29, 1.82) is 0 Å². The third kappa shape index (κ3) is 2.33. The lowest BCUT2D eigenvalue weighted by Gasteiger charge is -2.38. The molecule has 6 heteroatoms. The molecular weight excluding hydrogens is 208 g/mol. The predicted octanol–water partition coefficient (Wildman–Crippen LogP) is -0.309. The monoisotopic (exact) mass is 226 g/mol. The van der Waals surface area contributed by atoms with E-state index in [4.69, 9.17) is 0 Å². The molecule has 1 aromatic heterocycles. The molecule has 3 N–H and O–H groups in total. The fraction of sp³-hybridized carbons (Fsp3) is 0.800. The Morgan fingerprint density at radius 3 is 3.06 bits per heavy atom. The van der Waals surface area contributed by atoms with Crippen LogP contribution in [0.1, 0.15) is 25.6 Å². The minimum atomic E-state index is -0.277. The Labute approximate surface area is 93.7 Å². The van der Waals surface area contributed by atoms with Gasteiger partial charge in [0.1, 0.15) is 5.82 Å². The third-order valence-corrected chi connectivity index (χ3v) is 3.32. The van der Waals surface area contributed by atoms with Gasteiger partial charge >= 0.3 is 5.69 Å². The summed E-state index contributed by atoms with van der Waals surface area (Å²) >= 11 is 0. The quantitative estimate of drug-likeness (QED) is 0.660. The molecular formula is C10H18N4O2. The summed E-state index contributed by atoms with van der Waals surface area (Å²) in [4.78, 5) is 15.7. The van der Waals surface area contributed by atoms with Crippen LogP contribution in [0.15, 0.2) is 4.79 Å². The number of H-pyrrole nitrogens is 2. The van der Waals surface area contributed by atoms with Crippen molar-refractivity contribution in [2.45, 2.75) is 32.4 Å². The lowest BCUT2D eigenvalue weighted by molar-refractivity contribution is 0.0455. The van der Waals surface area contributed by atoms with Gasteiger partial charge < -0.3 is 5.11 Å². The molecule has 0 spiro atoms. The van der Waals surface area contributed by atoms with Crippen LogP contribution in [-0.4, -0.2) is 44.4 Å². The summed E-state index contributed by atoms with van der Waals surface area (Å²) < 4.78 is 0. The second-order valence-corrected chi connectivity index (χ2v) is 4.46. The molecule has 2 atom stereocenters. The predicted molar refractivity (Wildman–Crippen MR) is 58.9 cm³/mol. The van der Waals surface area contributed by atoms with Gasteiger partial charge in [-0.2, -0.15) is 5.10 Å². The summed E-state index contributed by atoms with van der Waals surface area (Å²) in [5.41, 5.74) is -0.277. The van der Waals surface area contributed by atoms with Crippen molar-refractivity contribution in [3.8, 4) is 0 Å². The molecule has 1 aliphatic rings. The van der Waals surface area contributed by atoms with Gasteiger partial charge in [-0.05, 0) is 25.3 Å². The van der Waals surface area contributed by atoms with Crippen molar-refractivity contribution in [2.75, 3.05) is 13.2 Å². The molecule has 0 saturated carbocycles. The first-order valence-corrected chi connectivity index (χ1v) is 5.69. The molecule has 6 nitrogen and oxygen atoms in total. The number of aromatic amines is 2. The Balaban J connectivity index is 2.04. The number of aliphatic hydroxyl groups is 1. The Bertz CT molecular complexity index is 386. The number of hydrogen-bond acceptors (Lipinski definition) is 4. The number of aromatic nitrogens is 3. The molecule has 16 heavy (non-hydrogen) atoms. The number of nitrogens with one attached hydrogen (secondary N) is 2. The number of likely N-dealkylation sites (tertiary alicyclic amines) is 1. The van der Waals surface area contributed by atoms with E-state index in [0.29, 0.717) is 18.3 Å². The highest BCUT2D eigenvalue weighted by molar-refractivity contribution is 4.87. The fourth-order valence-electron chi connectivity index (χ4n) is 2.40. The lowest BCUT2D eigenvalue weighted by atomic mass is 9.91. The van der Waals surface area contributed by atoms with E-state index < -0.39 is 0 Å². The van der Waals surface area contributed by atoms with E-state index in [0.717, 1.165) is 19.4 Å². The average molecular weight is 226 g/mol. The number of hydrogen-bond donors (Lipinski definition) is 3. The van der Waals surface area contributed by atoms with Crippen molar-refractivity contribution in [3.63, 3.8) is 0 Å². The minimum absolute atomic E-state index is 0.163. The number of piperidine rings is 1. The van der Waals surface area contributed by atoms with Gasteiger partial charge in [-0.15, -0.1) is 0 Å². The molecule has 0 amide bonds. The Morgan fingerprint density at radius 2 is 2.44 bits per heavy atom. The first-order chi connectivity index (χ1) is 7.70. The summed E-state index contributed by atoms with van der Waals surface area (Å²) in [5.74, 6) is 1.13. The van der Waals surface area contributed by atoms with Gasteiger partial charge in [-0.25, -0.2) is 9.89 Å². The maximum absolute atomic E-state index is 10.9. The van der Waals surface area contributed by atoms with E-state index in [9.17, 15) is 9.90 Å². The van der Waals surface area contributed by atoms with Crippen LogP contribution in [0, 0.1) is 5.92 Å². The zero-order valence-corrected chi connectivity index (χ0v) is 9.44. The van der Waals surface area contributed by atoms with Gasteiger partial charge in [0.25, 0.3) is 0 Å². The smallest absolute Gasteiger partial charge is 0.340 e. The van der Waals surface area contributed by atoms with E-state index in [1.54, 1.807) is 0 Å². The van der Waals surface area contributed by atoms with Crippen LogP contribution in [0.4, 0.5) is 0 Å². The van der Waals surface area contributed by atoms with Crippen molar-refractivity contribution < 1.29 is 5.11 Å². The second-order valence-electron chi connectivity index (χ2n) is 4.46. The van der Waals surface area contributed by atoms with Crippen molar-refractivity contribution in [2.24, 2.45) is 5.92 Å². The average Bonchev–Trinajstić information content (AvgIpc) is 2.64. The molecule has 2 heterocycles. The molecule has 0 radical (unpaired) electrons. The summed E-state index contributed by atoms with van der Waals surface area (Å²) in [6.07, 6.45) is 2.28. The zero-order chi connectivity index (χ0) is 11.5. The van der Waals surface area contributed by atoms with Gasteiger partial charge in [0.05, 0.1) is 13.2 Å². The largest absolute Gasteiger partial charge is 0.395 e. The molecule has 2 rings (SSSR count). The van der Waals surface area contributed by atoms with Gasteiger partial charge in [0.15, 0.2) is 0 Å². The summed E-state index contributed by atoms with van der Waals surface area (Å²) in [7, 11) is 0. The molecule has 1 aromatic rings. The van der Waals surface area contributed by atoms with E-state index in [-0.39, 0.29) is 18.3 Å². The van der Waals surface area contributed by atoms with Crippen molar-refractivity contribution in [1.82, 2.24) is 20.1 Å². The van der Waals surface area contributed by atoms with Gasteiger partial charge in [-0.3, -0.25) is 9.88 Å². The number of aliphatic hydroxyl groups excluding tert-OH is 1. The second kappa shape index (κ2) is 4.80. The first-order valence-electron chi connectivity index (χ1n) is 5.69. The Hall–Kier alpha value is -1.14. The van der Waals surface area contributed by atoms with Crippen LogP contribution in [-0.2, 0) is 6.54 Å². The van der Waals surface area contributed by atoms with Crippen LogP contribution in [0.25, 0.3) is 0 Å². The minimum Gasteiger partial charge on any atom is -0.395 e. The van der Waals surface area contributed by atoms with E-state index in [1.807, 2.05) is 0 Å². The van der Waals surface area contributed by atoms with Crippen LogP contribution >= 0.6 is 0 Å². The molecule has 90 valence electrons. The van der Waals surface area contributed by atoms with E-state index in [2.05, 4.69) is 27.0 Å². The first kappa shape index (κ1) is 11.3. The maximum atomic E-state index is 10.9. The Morgan fingerprint density at radius 1 is 1.62 bits per heavy atom. The topological polar surface area (TPSA) is 85.0 Å². The molecule has 2 unspecified atom stereocenters. The van der Waals surface area contributed by atoms with Crippen LogP contribution in [0.3, 0.4) is 0 Å². The highest BCUT2D eigenvalue weighted by atomic mass is 16.3. The third-order valence-electron chi connectivity index (χ3n) is 3.32. The molecule has 0 bridgehead atoms. The van der Waals surface area contributed by atoms with Gasteiger partial charge in [0.2, 0.25) is 0 Å². The van der Waals surface area contributed by atoms with Crippen LogP contribution in [0.5, 0.6) is 0 Å². The fourth-order valence-corrected chi connectivity index (χ4v) is 2.40. The van der Waals surface area contributed by atoms with Gasteiger partial charge in [-0.1, -0.05) is 6.92 Å². The summed E-state index contributed by atoms with van der Waals surface area (Å²) in [6, 6.07) is 0.175. The standard InChI is InChI=1S/C10H18N4O2/c1-7-3-2-4-14(8(7)6-15)5-9-11-10(16)13-12-9/h7-8,15H,2-6H2,1H3,(H2,11,12,13,16). The van der Waals surface area contributed by atoms with Crippen LogP contribution < -0.4 is 5.69 Å². The maximum Gasteiger partial charge on any atom is 0.340 e. The van der Waals surface area contributed by atoms with E-state index >= 15 is 0 Å². The number of nitrogens with zero attached hydrogens (tertiary/aromatic N) is 2. The summed E-state index contributed by atoms with van der Waals surface area (Å²) in [5, 5.41) is 15.6. The summed E-state index contributed by atoms with van der Waals surface area (Å²) in [6.45, 7) is 3.86.